The number of nitriles is 1. The van der Waals surface area contributed by atoms with E-state index in [4.69, 9.17) is 5.26 Å². The van der Waals surface area contributed by atoms with Crippen LogP contribution in [0.1, 0.15) is 6.92 Å². The summed E-state index contributed by atoms with van der Waals surface area (Å²) in [7, 11) is 0. The molecule has 0 aromatic heterocycles. The molecule has 0 fully saturated rings. The molecule has 0 unspecified atom stereocenters. The first-order valence-corrected chi connectivity index (χ1v) is 5.63. The van der Waals surface area contributed by atoms with Crippen molar-refractivity contribution >= 4 is 33.3 Å². The Balaban J connectivity index is 2.71. The lowest BCUT2D eigenvalue weighted by Crippen LogP contribution is -2.17. The van der Waals surface area contributed by atoms with Crippen molar-refractivity contribution in [2.45, 2.75) is 6.92 Å². The molecule has 1 aromatic carbocycles. The molecule has 1 aromatic rings. The van der Waals surface area contributed by atoms with Crippen LogP contribution < -0.4 is 5.43 Å². The van der Waals surface area contributed by atoms with Gasteiger partial charge in [0.1, 0.15) is 6.07 Å². The number of rotatable bonds is 4. The van der Waals surface area contributed by atoms with Crippen molar-refractivity contribution in [3.63, 3.8) is 0 Å². The second kappa shape index (κ2) is 6.66. The molecule has 1 N–H and O–H groups in total. The molecule has 0 saturated heterocycles. The topological polar surface area (TPSA) is 74.5 Å². The summed E-state index contributed by atoms with van der Waals surface area (Å²) in [6.07, 6.45) is 0. The Kier molecular flexibility index (Phi) is 5.17. The number of anilines is 1. The number of hydrogen-bond donors (Lipinski definition) is 1. The van der Waals surface area contributed by atoms with Gasteiger partial charge >= 0.3 is 5.97 Å². The summed E-state index contributed by atoms with van der Waals surface area (Å²) in [5, 5.41) is 12.4. The molecule has 0 bridgehead atoms. The van der Waals surface area contributed by atoms with Gasteiger partial charge in [-0.3, -0.25) is 5.43 Å². The van der Waals surface area contributed by atoms with Gasteiger partial charge in [0.05, 0.1) is 12.3 Å². The molecular weight excluding hydrogens is 286 g/mol. The smallest absolute Gasteiger partial charge is 0.369 e. The number of halogens is 1. The summed E-state index contributed by atoms with van der Waals surface area (Å²) < 4.78 is 5.59. The first-order valence-electron chi connectivity index (χ1n) is 4.84. The third kappa shape index (κ3) is 4.25. The van der Waals surface area contributed by atoms with E-state index in [-0.39, 0.29) is 12.3 Å². The highest BCUT2D eigenvalue weighted by atomic mass is 79.9. The van der Waals surface area contributed by atoms with Gasteiger partial charge in [0.25, 0.3) is 0 Å². The largest absolute Gasteiger partial charge is 0.461 e. The van der Waals surface area contributed by atoms with E-state index in [1.54, 1.807) is 25.1 Å². The van der Waals surface area contributed by atoms with Crippen LogP contribution in [-0.4, -0.2) is 18.3 Å². The summed E-state index contributed by atoms with van der Waals surface area (Å²) >= 11 is 3.29. The Labute approximate surface area is 107 Å². The predicted molar refractivity (Wildman–Crippen MR) is 67.4 cm³/mol. The summed E-state index contributed by atoms with van der Waals surface area (Å²) in [6, 6.07) is 8.81. The number of esters is 1. The normalized spacial score (nSPS) is 10.5. The molecule has 0 aliphatic carbocycles. The maximum atomic E-state index is 11.2. The Morgan fingerprint density at radius 3 is 2.71 bits per heavy atom. The Hall–Kier alpha value is -1.87. The molecule has 0 heterocycles. The van der Waals surface area contributed by atoms with E-state index in [0.29, 0.717) is 5.69 Å². The molecule has 0 atom stereocenters. The molecule has 0 spiro atoms. The van der Waals surface area contributed by atoms with Crippen LogP contribution in [0.25, 0.3) is 0 Å². The monoisotopic (exact) mass is 295 g/mol. The highest BCUT2D eigenvalue weighted by molar-refractivity contribution is 9.10. The van der Waals surface area contributed by atoms with Gasteiger partial charge in [0, 0.05) is 4.47 Å². The molecule has 1 rings (SSSR count). The first kappa shape index (κ1) is 13.2. The van der Waals surface area contributed by atoms with Crippen LogP contribution in [0.5, 0.6) is 0 Å². The van der Waals surface area contributed by atoms with Crippen molar-refractivity contribution < 1.29 is 9.53 Å². The summed E-state index contributed by atoms with van der Waals surface area (Å²) in [5.41, 5.74) is 2.97. The van der Waals surface area contributed by atoms with Crippen LogP contribution in [0.4, 0.5) is 5.69 Å². The lowest BCUT2D eigenvalue weighted by Gasteiger charge is -2.01. The highest BCUT2D eigenvalue weighted by Gasteiger charge is 2.11. The summed E-state index contributed by atoms with van der Waals surface area (Å²) in [4.78, 5) is 11.2. The molecule has 0 radical (unpaired) electrons. The minimum atomic E-state index is -0.736. The standard InChI is InChI=1S/C11H10BrN3O2/c1-2-17-11(16)10(7-13)15-14-9-5-3-8(12)4-6-9/h3-6,14H,2H2,1H3/b15-10-. The van der Waals surface area contributed by atoms with Crippen molar-refractivity contribution in [3.05, 3.63) is 28.7 Å². The molecule has 5 nitrogen and oxygen atoms in total. The molecule has 6 heteroatoms. The van der Waals surface area contributed by atoms with Crippen LogP contribution in [0, 0.1) is 11.3 Å². The van der Waals surface area contributed by atoms with Crippen molar-refractivity contribution in [3.8, 4) is 6.07 Å². The Bertz CT molecular complexity index is 463. The molecule has 88 valence electrons. The zero-order valence-electron chi connectivity index (χ0n) is 9.11. The Morgan fingerprint density at radius 2 is 2.18 bits per heavy atom. The van der Waals surface area contributed by atoms with E-state index in [9.17, 15) is 4.79 Å². The van der Waals surface area contributed by atoms with Crippen LogP contribution in [0.2, 0.25) is 0 Å². The average molecular weight is 296 g/mol. The van der Waals surface area contributed by atoms with Crippen LogP contribution in [-0.2, 0) is 9.53 Å². The van der Waals surface area contributed by atoms with Gasteiger partial charge in [0.15, 0.2) is 0 Å². The third-order valence-electron chi connectivity index (χ3n) is 1.72. The number of carbonyl (C=O) groups is 1. The van der Waals surface area contributed by atoms with Crippen LogP contribution in [0.15, 0.2) is 33.8 Å². The number of hydrogen-bond acceptors (Lipinski definition) is 5. The van der Waals surface area contributed by atoms with Gasteiger partial charge in [-0.15, -0.1) is 0 Å². The van der Waals surface area contributed by atoms with Gasteiger partial charge in [-0.1, -0.05) is 15.9 Å². The van der Waals surface area contributed by atoms with Crippen LogP contribution >= 0.6 is 15.9 Å². The summed E-state index contributed by atoms with van der Waals surface area (Å²) in [5.74, 6) is -0.736. The van der Waals surface area contributed by atoms with Crippen molar-refractivity contribution in [2.75, 3.05) is 12.0 Å². The fourth-order valence-electron chi connectivity index (χ4n) is 0.961. The minimum Gasteiger partial charge on any atom is -0.461 e. The number of carbonyl (C=O) groups excluding carboxylic acids is 1. The first-order chi connectivity index (χ1) is 8.17. The van der Waals surface area contributed by atoms with E-state index >= 15 is 0 Å². The van der Waals surface area contributed by atoms with Crippen molar-refractivity contribution in [1.29, 1.82) is 5.26 Å². The van der Waals surface area contributed by atoms with Crippen LogP contribution in [0.3, 0.4) is 0 Å². The quantitative estimate of drug-likeness (QED) is 0.525. The maximum Gasteiger partial charge on any atom is 0.369 e. The van der Waals surface area contributed by atoms with E-state index in [1.165, 1.54) is 0 Å². The zero-order valence-corrected chi connectivity index (χ0v) is 10.7. The number of nitrogens with zero attached hydrogens (tertiary/aromatic N) is 2. The van der Waals surface area contributed by atoms with Gasteiger partial charge in [-0.25, -0.2) is 4.79 Å². The fraction of sp³-hybridized carbons (Fsp3) is 0.182. The van der Waals surface area contributed by atoms with Gasteiger partial charge in [-0.2, -0.15) is 10.4 Å². The molecule has 0 aliphatic heterocycles. The average Bonchev–Trinajstić information content (AvgIpc) is 2.32. The second-order valence-corrected chi connectivity index (χ2v) is 3.83. The number of nitrogens with one attached hydrogen (secondary N) is 1. The zero-order chi connectivity index (χ0) is 12.7. The summed E-state index contributed by atoms with van der Waals surface area (Å²) in [6.45, 7) is 1.87. The highest BCUT2D eigenvalue weighted by Crippen LogP contribution is 2.13. The van der Waals surface area contributed by atoms with E-state index in [0.717, 1.165) is 4.47 Å². The van der Waals surface area contributed by atoms with E-state index in [2.05, 4.69) is 31.2 Å². The molecule has 17 heavy (non-hydrogen) atoms. The molecule has 0 aliphatic rings. The van der Waals surface area contributed by atoms with Gasteiger partial charge < -0.3 is 4.74 Å². The third-order valence-corrected chi connectivity index (χ3v) is 2.24. The second-order valence-electron chi connectivity index (χ2n) is 2.91. The molecule has 0 amide bonds. The molecule has 0 saturated carbocycles. The minimum absolute atomic E-state index is 0.206. The van der Waals surface area contributed by atoms with E-state index in [1.807, 2.05) is 12.1 Å². The SMILES string of the molecule is CCOC(=O)/C(C#N)=N\Nc1ccc(Br)cc1. The van der Waals surface area contributed by atoms with Gasteiger partial charge in [0.2, 0.25) is 5.71 Å². The predicted octanol–water partition coefficient (Wildman–Crippen LogP) is 2.30. The van der Waals surface area contributed by atoms with Crippen molar-refractivity contribution in [2.24, 2.45) is 5.10 Å². The number of hydrazone groups is 1. The number of ether oxygens (including phenoxy) is 1. The lowest BCUT2D eigenvalue weighted by atomic mass is 10.3. The molecular formula is C11H10BrN3O2. The number of benzene rings is 1. The lowest BCUT2D eigenvalue weighted by molar-refractivity contribution is -0.134. The Morgan fingerprint density at radius 1 is 1.53 bits per heavy atom. The fourth-order valence-corrected chi connectivity index (χ4v) is 1.22. The maximum absolute atomic E-state index is 11.2. The van der Waals surface area contributed by atoms with Gasteiger partial charge in [-0.05, 0) is 31.2 Å². The van der Waals surface area contributed by atoms with E-state index < -0.39 is 5.97 Å². The van der Waals surface area contributed by atoms with Crippen molar-refractivity contribution in [1.82, 2.24) is 0 Å².